The summed E-state index contributed by atoms with van der Waals surface area (Å²) in [6.45, 7) is 4.81. The van der Waals surface area contributed by atoms with Crippen molar-refractivity contribution in [2.24, 2.45) is 5.73 Å². The van der Waals surface area contributed by atoms with Gasteiger partial charge in [0.05, 0.1) is 0 Å². The van der Waals surface area contributed by atoms with Gasteiger partial charge in [0, 0.05) is 20.8 Å². The van der Waals surface area contributed by atoms with Crippen molar-refractivity contribution in [3.8, 4) is 5.75 Å². The minimum Gasteiger partial charge on any atom is -0.488 e. The molecule has 1 atom stereocenters. The van der Waals surface area contributed by atoms with Crippen LogP contribution in [0.3, 0.4) is 0 Å². The van der Waals surface area contributed by atoms with Gasteiger partial charge in [0.2, 0.25) is 0 Å². The number of benzene rings is 1. The van der Waals surface area contributed by atoms with E-state index in [0.717, 1.165) is 23.1 Å². The third kappa shape index (κ3) is 4.08. The van der Waals surface area contributed by atoms with Gasteiger partial charge in [0.15, 0.2) is 0 Å². The van der Waals surface area contributed by atoms with Crippen LogP contribution in [0.15, 0.2) is 34.1 Å². The molecule has 1 heterocycles. The van der Waals surface area contributed by atoms with Crippen LogP contribution < -0.4 is 10.5 Å². The molecule has 20 heavy (non-hydrogen) atoms. The second kappa shape index (κ2) is 7.25. The lowest BCUT2D eigenvalue weighted by Gasteiger charge is -2.16. The monoisotopic (exact) mass is 353 g/mol. The van der Waals surface area contributed by atoms with Gasteiger partial charge in [-0.1, -0.05) is 25.1 Å². The van der Waals surface area contributed by atoms with Crippen LogP contribution in [0.25, 0.3) is 0 Å². The molecule has 1 aromatic heterocycles. The molecular weight excluding hydrogens is 334 g/mol. The van der Waals surface area contributed by atoms with Gasteiger partial charge in [0.1, 0.15) is 12.4 Å². The Balaban J connectivity index is 2.12. The fourth-order valence-electron chi connectivity index (χ4n) is 2.08. The molecule has 0 saturated carbocycles. The summed E-state index contributed by atoms with van der Waals surface area (Å²) in [5, 5.41) is 2.07. The maximum atomic E-state index is 6.07. The van der Waals surface area contributed by atoms with Crippen molar-refractivity contribution in [2.45, 2.75) is 39.3 Å². The van der Waals surface area contributed by atoms with Crippen LogP contribution in [-0.4, -0.2) is 6.04 Å². The highest BCUT2D eigenvalue weighted by Gasteiger charge is 2.11. The quantitative estimate of drug-likeness (QED) is 0.818. The minimum absolute atomic E-state index is 0.190. The first-order chi connectivity index (χ1) is 9.60. The van der Waals surface area contributed by atoms with Gasteiger partial charge in [-0.3, -0.25) is 0 Å². The number of rotatable bonds is 6. The maximum Gasteiger partial charge on any atom is 0.126 e. The Morgan fingerprint density at radius 1 is 1.40 bits per heavy atom. The molecule has 2 N–H and O–H groups in total. The largest absolute Gasteiger partial charge is 0.488 e. The van der Waals surface area contributed by atoms with Gasteiger partial charge < -0.3 is 10.5 Å². The lowest BCUT2D eigenvalue weighted by atomic mass is 10.0. The third-order valence-corrected chi connectivity index (χ3v) is 4.95. The molecule has 0 saturated heterocycles. The fourth-order valence-corrected chi connectivity index (χ4v) is 3.44. The topological polar surface area (TPSA) is 35.2 Å². The number of halogens is 1. The first kappa shape index (κ1) is 15.5. The SMILES string of the molecule is CCC(N)Cc1cccc(C)c1OCc1cc(Br)cs1. The molecule has 0 bridgehead atoms. The summed E-state index contributed by atoms with van der Waals surface area (Å²) in [5.74, 6) is 0.987. The van der Waals surface area contributed by atoms with Crippen molar-refractivity contribution >= 4 is 27.3 Å². The van der Waals surface area contributed by atoms with E-state index >= 15 is 0 Å². The Hall–Kier alpha value is -0.840. The highest BCUT2D eigenvalue weighted by atomic mass is 79.9. The highest BCUT2D eigenvalue weighted by Crippen LogP contribution is 2.27. The molecule has 0 aliphatic heterocycles. The first-order valence-electron chi connectivity index (χ1n) is 6.80. The van der Waals surface area contributed by atoms with Crippen LogP contribution in [0.2, 0.25) is 0 Å². The zero-order valence-electron chi connectivity index (χ0n) is 11.9. The van der Waals surface area contributed by atoms with Gasteiger partial charge in [-0.25, -0.2) is 0 Å². The van der Waals surface area contributed by atoms with Gasteiger partial charge in [-0.15, -0.1) is 11.3 Å². The van der Waals surface area contributed by atoms with Gasteiger partial charge in [0.25, 0.3) is 0 Å². The Bertz CT molecular complexity index is 567. The molecule has 2 nitrogen and oxygen atoms in total. The number of ether oxygens (including phenoxy) is 1. The average Bonchev–Trinajstić information content (AvgIpc) is 2.83. The van der Waals surface area contributed by atoms with E-state index in [9.17, 15) is 0 Å². The average molecular weight is 354 g/mol. The highest BCUT2D eigenvalue weighted by molar-refractivity contribution is 9.10. The van der Waals surface area contributed by atoms with Gasteiger partial charge in [-0.2, -0.15) is 0 Å². The molecular formula is C16H20BrNOS. The number of aryl methyl sites for hydroxylation is 1. The summed E-state index contributed by atoms with van der Waals surface area (Å²) in [4.78, 5) is 1.21. The fraction of sp³-hybridized carbons (Fsp3) is 0.375. The summed E-state index contributed by atoms with van der Waals surface area (Å²) in [6.07, 6.45) is 1.84. The van der Waals surface area contributed by atoms with Crippen molar-refractivity contribution in [1.29, 1.82) is 0 Å². The van der Waals surface area contributed by atoms with Crippen molar-refractivity contribution < 1.29 is 4.74 Å². The Kier molecular flexibility index (Phi) is 5.64. The van der Waals surface area contributed by atoms with Crippen molar-refractivity contribution in [3.63, 3.8) is 0 Å². The van der Waals surface area contributed by atoms with Crippen LogP contribution in [0, 0.1) is 6.92 Å². The summed E-state index contributed by atoms with van der Waals surface area (Å²) >= 11 is 5.17. The zero-order chi connectivity index (χ0) is 14.5. The Morgan fingerprint density at radius 2 is 2.20 bits per heavy atom. The summed E-state index contributed by atoms with van der Waals surface area (Å²) in [7, 11) is 0. The summed E-state index contributed by atoms with van der Waals surface area (Å²) in [6, 6.07) is 8.56. The predicted molar refractivity (Wildman–Crippen MR) is 89.5 cm³/mol. The van der Waals surface area contributed by atoms with Crippen molar-refractivity contribution in [1.82, 2.24) is 0 Å². The van der Waals surface area contributed by atoms with Crippen LogP contribution in [0.5, 0.6) is 5.75 Å². The normalized spacial score (nSPS) is 12.4. The van der Waals surface area contributed by atoms with Crippen LogP contribution in [0.4, 0.5) is 0 Å². The number of thiophene rings is 1. The van der Waals surface area contributed by atoms with E-state index in [1.54, 1.807) is 11.3 Å². The van der Waals surface area contributed by atoms with E-state index in [1.807, 2.05) is 0 Å². The first-order valence-corrected chi connectivity index (χ1v) is 8.47. The third-order valence-electron chi connectivity index (χ3n) is 3.28. The van der Waals surface area contributed by atoms with Gasteiger partial charge in [-0.05, 0) is 52.9 Å². The van der Waals surface area contributed by atoms with E-state index in [1.165, 1.54) is 16.0 Å². The number of para-hydroxylation sites is 1. The minimum atomic E-state index is 0.190. The molecule has 1 unspecified atom stereocenters. The van der Waals surface area contributed by atoms with Crippen LogP contribution >= 0.6 is 27.3 Å². The second-order valence-electron chi connectivity index (χ2n) is 4.96. The molecule has 0 fully saturated rings. The lowest BCUT2D eigenvalue weighted by molar-refractivity contribution is 0.303. The molecule has 2 rings (SSSR count). The molecule has 0 spiro atoms. The maximum absolute atomic E-state index is 6.07. The number of nitrogens with two attached hydrogens (primary N) is 1. The second-order valence-corrected chi connectivity index (χ2v) is 6.87. The standard InChI is InChI=1S/C16H20BrNOS/c1-3-14(18)7-12-6-4-5-11(2)16(12)19-9-15-8-13(17)10-20-15/h4-6,8,10,14H,3,7,9,18H2,1-2H3. The predicted octanol–water partition coefficient (Wildman–Crippen LogP) is 4.68. The van der Waals surface area contributed by atoms with E-state index in [-0.39, 0.29) is 6.04 Å². The molecule has 2 aromatic rings. The molecule has 0 radical (unpaired) electrons. The van der Waals surface area contributed by atoms with E-state index < -0.39 is 0 Å². The number of hydrogen-bond acceptors (Lipinski definition) is 3. The van der Waals surface area contributed by atoms with E-state index in [0.29, 0.717) is 6.61 Å². The van der Waals surface area contributed by atoms with Crippen molar-refractivity contribution in [3.05, 3.63) is 50.1 Å². The Morgan fingerprint density at radius 3 is 2.85 bits per heavy atom. The lowest BCUT2D eigenvalue weighted by Crippen LogP contribution is -2.21. The zero-order valence-corrected chi connectivity index (χ0v) is 14.3. The van der Waals surface area contributed by atoms with E-state index in [4.69, 9.17) is 10.5 Å². The molecule has 1 aromatic carbocycles. The molecule has 0 aliphatic carbocycles. The molecule has 0 aliphatic rings. The summed E-state index contributed by atoms with van der Waals surface area (Å²) in [5.41, 5.74) is 8.45. The molecule has 108 valence electrons. The van der Waals surface area contributed by atoms with Crippen LogP contribution in [0.1, 0.15) is 29.3 Å². The smallest absolute Gasteiger partial charge is 0.126 e. The Labute approximate surface area is 133 Å². The number of hydrogen-bond donors (Lipinski definition) is 1. The van der Waals surface area contributed by atoms with Gasteiger partial charge >= 0.3 is 0 Å². The van der Waals surface area contributed by atoms with Crippen LogP contribution in [-0.2, 0) is 13.0 Å². The molecule has 4 heteroatoms. The van der Waals surface area contributed by atoms with Crippen molar-refractivity contribution in [2.75, 3.05) is 0 Å². The molecule has 0 amide bonds. The summed E-state index contributed by atoms with van der Waals surface area (Å²) < 4.78 is 7.16. The van der Waals surface area contributed by atoms with E-state index in [2.05, 4.69) is 59.4 Å².